The summed E-state index contributed by atoms with van der Waals surface area (Å²) < 4.78 is 24.6. The van der Waals surface area contributed by atoms with Gasteiger partial charge < -0.3 is 29.4 Å². The first-order valence-electron chi connectivity index (χ1n) is 14.0. The van der Waals surface area contributed by atoms with Crippen LogP contribution in [0, 0.1) is 0 Å². The molecule has 43 heavy (non-hydrogen) atoms. The van der Waals surface area contributed by atoms with Crippen LogP contribution >= 0.6 is 0 Å². The number of aliphatic hydroxyl groups excluding tert-OH is 1. The number of carbonyl (C=O) groups excluding carboxylic acids is 1. The van der Waals surface area contributed by atoms with Crippen molar-refractivity contribution in [1.82, 2.24) is 14.6 Å². The van der Waals surface area contributed by atoms with Gasteiger partial charge in [0.25, 0.3) is 0 Å². The Bertz CT molecular complexity index is 1610. The van der Waals surface area contributed by atoms with Gasteiger partial charge in [-0.05, 0) is 42.3 Å². The first kappa shape index (κ1) is 29.7. The first-order valence-corrected chi connectivity index (χ1v) is 14.0. The number of fused-ring (bicyclic) bond motifs is 1. The van der Waals surface area contributed by atoms with Crippen LogP contribution in [0.25, 0.3) is 5.65 Å². The average Bonchev–Trinajstić information content (AvgIpc) is 3.41. The van der Waals surface area contributed by atoms with Crippen molar-refractivity contribution in [2.24, 2.45) is 0 Å². The molecule has 0 unspecified atom stereocenters. The zero-order valence-corrected chi connectivity index (χ0v) is 24.1. The predicted octanol–water partition coefficient (Wildman–Crippen LogP) is 5.49. The van der Waals surface area contributed by atoms with Gasteiger partial charge in [0.05, 0.1) is 33.5 Å². The highest BCUT2D eigenvalue weighted by atomic mass is 16.5. The third-order valence-corrected chi connectivity index (χ3v) is 6.75. The molecule has 3 aromatic carbocycles. The Morgan fingerprint density at radius 1 is 0.930 bits per heavy atom. The lowest BCUT2D eigenvalue weighted by atomic mass is 10.1. The molecule has 0 fully saturated rings. The van der Waals surface area contributed by atoms with Crippen LogP contribution in [-0.4, -0.2) is 52.1 Å². The van der Waals surface area contributed by atoms with E-state index in [4.69, 9.17) is 18.9 Å². The van der Waals surface area contributed by atoms with Crippen LogP contribution in [0.3, 0.4) is 0 Å². The molecule has 0 aliphatic carbocycles. The summed E-state index contributed by atoms with van der Waals surface area (Å²) >= 11 is 0. The van der Waals surface area contributed by atoms with Crippen LogP contribution in [0.15, 0.2) is 97.3 Å². The Morgan fingerprint density at radius 2 is 1.58 bits per heavy atom. The van der Waals surface area contributed by atoms with Crippen molar-refractivity contribution in [2.45, 2.75) is 32.3 Å². The van der Waals surface area contributed by atoms with Crippen LogP contribution < -0.4 is 10.1 Å². The van der Waals surface area contributed by atoms with Gasteiger partial charge in [0, 0.05) is 23.6 Å². The highest BCUT2D eigenvalue weighted by Crippen LogP contribution is 2.29. The highest BCUT2D eigenvalue weighted by Gasteiger charge is 2.28. The molecule has 10 nitrogen and oxygen atoms in total. The van der Waals surface area contributed by atoms with Gasteiger partial charge in [0.1, 0.15) is 23.5 Å². The zero-order chi connectivity index (χ0) is 30.0. The molecule has 5 rings (SSSR count). The molecule has 2 heterocycles. The molecule has 2 aromatic heterocycles. The smallest absolute Gasteiger partial charge is 0.345 e. The number of esters is 1. The van der Waals surface area contributed by atoms with Gasteiger partial charge in [0.15, 0.2) is 11.5 Å². The second-order valence-electron chi connectivity index (χ2n) is 9.69. The molecule has 0 saturated heterocycles. The van der Waals surface area contributed by atoms with Crippen LogP contribution in [0.5, 0.6) is 5.75 Å². The maximum absolute atomic E-state index is 13.0. The van der Waals surface area contributed by atoms with E-state index in [-0.39, 0.29) is 37.8 Å². The van der Waals surface area contributed by atoms with E-state index in [2.05, 4.69) is 15.4 Å². The lowest BCUT2D eigenvalue weighted by Gasteiger charge is -2.26. The topological polar surface area (TPSA) is 116 Å². The minimum absolute atomic E-state index is 0.197. The number of hydrogen-bond acceptors (Lipinski definition) is 9. The van der Waals surface area contributed by atoms with Crippen LogP contribution in [0.4, 0.5) is 11.5 Å². The molecule has 2 atom stereocenters. The average molecular weight is 583 g/mol. The number of carbonyl (C=O) groups is 1. The lowest BCUT2D eigenvalue weighted by Crippen LogP contribution is -2.28. The van der Waals surface area contributed by atoms with E-state index in [1.165, 1.54) is 4.52 Å². The fraction of sp³-hybridized carbons (Fsp3) is 0.242. The summed E-state index contributed by atoms with van der Waals surface area (Å²) in [7, 11) is 1.59. The van der Waals surface area contributed by atoms with Crippen molar-refractivity contribution in [3.8, 4) is 5.75 Å². The summed E-state index contributed by atoms with van der Waals surface area (Å²) in [6.07, 6.45) is 1.94. The number of nitrogens with zero attached hydrogens (tertiary/aromatic N) is 3. The molecular weight excluding hydrogens is 548 g/mol. The van der Waals surface area contributed by atoms with Crippen LogP contribution in [-0.2, 0) is 27.4 Å². The maximum atomic E-state index is 13.0. The molecule has 5 aromatic rings. The van der Waals surface area contributed by atoms with E-state index in [0.717, 1.165) is 11.1 Å². The number of aromatic nitrogens is 3. The number of hydrogen-bond donors (Lipinski definition) is 2. The summed E-state index contributed by atoms with van der Waals surface area (Å²) in [5.41, 5.74) is 3.77. The molecule has 0 bridgehead atoms. The second-order valence-corrected chi connectivity index (χ2v) is 9.69. The van der Waals surface area contributed by atoms with Gasteiger partial charge in [-0.1, -0.05) is 60.7 Å². The Hall–Kier alpha value is -4.77. The molecule has 0 spiro atoms. The molecule has 2 N–H and O–H groups in total. The third kappa shape index (κ3) is 7.36. The standard InChI is InChI=1S/C33H34N4O6/c1-3-41-33(39)29-31(35-26-14-16-27(40-2)17-15-26)36-37-19-25(18-34-32(29)37)30(43-22-24-12-8-5-9-13-24)28(20-38)42-21-23-10-6-4-7-11-23/h4-19,28,30,38H,3,20-22H2,1-2H3,(H,35,36)/t28-,30+/m0/s1. The number of anilines is 2. The number of rotatable bonds is 14. The Balaban J connectivity index is 1.49. The molecule has 0 amide bonds. The molecule has 222 valence electrons. The van der Waals surface area contributed by atoms with E-state index in [0.29, 0.717) is 22.6 Å². The minimum atomic E-state index is -0.708. The quantitative estimate of drug-likeness (QED) is 0.164. The maximum Gasteiger partial charge on any atom is 0.345 e. The monoisotopic (exact) mass is 582 g/mol. The molecular formula is C33H34N4O6. The molecule has 10 heteroatoms. The fourth-order valence-electron chi connectivity index (χ4n) is 4.58. The van der Waals surface area contributed by atoms with Gasteiger partial charge in [-0.3, -0.25) is 0 Å². The van der Waals surface area contributed by atoms with Gasteiger partial charge in [-0.15, -0.1) is 5.10 Å². The minimum Gasteiger partial charge on any atom is -0.497 e. The number of ether oxygens (including phenoxy) is 4. The van der Waals surface area contributed by atoms with Crippen LogP contribution in [0.2, 0.25) is 0 Å². The van der Waals surface area contributed by atoms with Crippen molar-refractivity contribution >= 4 is 23.1 Å². The SMILES string of the molecule is CCOC(=O)c1c(Nc2ccc(OC)cc2)nn2cc([C@@H](OCc3ccccc3)[C@H](CO)OCc3ccccc3)cnc12. The van der Waals surface area contributed by atoms with E-state index in [1.807, 2.05) is 72.8 Å². The van der Waals surface area contributed by atoms with E-state index in [9.17, 15) is 9.90 Å². The van der Waals surface area contributed by atoms with Gasteiger partial charge >= 0.3 is 5.97 Å². The summed E-state index contributed by atoms with van der Waals surface area (Å²) in [6.45, 7) is 2.22. The van der Waals surface area contributed by atoms with E-state index in [1.54, 1.807) is 38.6 Å². The molecule has 0 radical (unpaired) electrons. The predicted molar refractivity (Wildman–Crippen MR) is 161 cm³/mol. The molecule has 0 aliphatic rings. The number of methoxy groups -OCH3 is 1. The van der Waals surface area contributed by atoms with Crippen molar-refractivity contribution in [3.05, 3.63) is 120 Å². The zero-order valence-electron chi connectivity index (χ0n) is 24.1. The number of nitrogens with one attached hydrogen (secondary N) is 1. The van der Waals surface area contributed by atoms with Crippen LogP contribution in [0.1, 0.15) is 40.1 Å². The van der Waals surface area contributed by atoms with Crippen molar-refractivity contribution in [2.75, 3.05) is 25.6 Å². The Labute approximate surface area is 249 Å². The third-order valence-electron chi connectivity index (χ3n) is 6.75. The lowest BCUT2D eigenvalue weighted by molar-refractivity contribution is -0.106. The summed E-state index contributed by atoms with van der Waals surface area (Å²) in [4.78, 5) is 17.6. The van der Waals surface area contributed by atoms with Crippen molar-refractivity contribution < 1.29 is 28.8 Å². The Morgan fingerprint density at radius 3 is 2.19 bits per heavy atom. The van der Waals surface area contributed by atoms with E-state index < -0.39 is 18.2 Å². The van der Waals surface area contributed by atoms with Gasteiger partial charge in [0.2, 0.25) is 0 Å². The number of benzene rings is 3. The fourth-order valence-corrected chi connectivity index (χ4v) is 4.58. The van der Waals surface area contributed by atoms with Gasteiger partial charge in [-0.25, -0.2) is 14.3 Å². The molecule has 0 aliphatic heterocycles. The van der Waals surface area contributed by atoms with E-state index >= 15 is 0 Å². The first-order chi connectivity index (χ1) is 21.1. The summed E-state index contributed by atoms with van der Waals surface area (Å²) in [5, 5.41) is 18.2. The number of aliphatic hydroxyl groups is 1. The van der Waals surface area contributed by atoms with Crippen molar-refractivity contribution in [1.29, 1.82) is 0 Å². The van der Waals surface area contributed by atoms with Crippen molar-refractivity contribution in [3.63, 3.8) is 0 Å². The van der Waals surface area contributed by atoms with Gasteiger partial charge in [-0.2, -0.15) is 0 Å². The second kappa shape index (κ2) is 14.4. The molecule has 0 saturated carbocycles. The normalized spacial score (nSPS) is 12.5. The highest BCUT2D eigenvalue weighted by molar-refractivity contribution is 6.01. The summed E-state index contributed by atoms with van der Waals surface area (Å²) in [5.74, 6) is 0.436. The Kier molecular flexibility index (Phi) is 9.96. The largest absolute Gasteiger partial charge is 0.497 e. The summed E-state index contributed by atoms with van der Waals surface area (Å²) in [6, 6.07) is 26.7.